The van der Waals surface area contributed by atoms with Gasteiger partial charge in [-0.05, 0) is 20.8 Å². The average molecular weight is 163 g/mol. The fraction of sp³-hybridized carbons (Fsp3) is 1.00. The molecule has 0 unspecified atom stereocenters. The molecular formula is C7H17NO3. The molecule has 0 aliphatic carbocycles. The van der Waals surface area contributed by atoms with Crippen molar-refractivity contribution in [3.63, 3.8) is 0 Å². The van der Waals surface area contributed by atoms with Crippen LogP contribution < -0.4 is 6.15 Å². The lowest BCUT2D eigenvalue weighted by molar-refractivity contribution is -0.149. The molecule has 0 aromatic carbocycles. The Labute approximate surface area is 67.1 Å². The van der Waals surface area contributed by atoms with Crippen molar-refractivity contribution in [2.75, 3.05) is 6.61 Å². The first-order chi connectivity index (χ1) is 4.51. The van der Waals surface area contributed by atoms with Crippen molar-refractivity contribution in [2.24, 2.45) is 0 Å². The number of rotatable bonds is 1. The third-order valence-corrected chi connectivity index (χ3v) is 1.57. The molecule has 4 heteroatoms. The van der Waals surface area contributed by atoms with Gasteiger partial charge in [0, 0.05) is 0 Å². The molecule has 1 heterocycles. The van der Waals surface area contributed by atoms with Crippen molar-refractivity contribution >= 4 is 0 Å². The van der Waals surface area contributed by atoms with Crippen LogP contribution in [0.25, 0.3) is 0 Å². The molecule has 68 valence electrons. The molecule has 0 bridgehead atoms. The summed E-state index contributed by atoms with van der Waals surface area (Å²) >= 11 is 0. The van der Waals surface area contributed by atoms with Crippen LogP contribution in [0.5, 0.6) is 0 Å². The molecule has 1 rings (SSSR count). The van der Waals surface area contributed by atoms with Crippen molar-refractivity contribution in [1.82, 2.24) is 6.15 Å². The SMILES string of the molecule is C[C@@H](O)[C@H]1COC(C)(C)O1.N. The fourth-order valence-electron chi connectivity index (χ4n) is 0.953. The highest BCUT2D eigenvalue weighted by molar-refractivity contribution is 4.74. The fourth-order valence-corrected chi connectivity index (χ4v) is 0.953. The quantitative estimate of drug-likeness (QED) is 0.596. The molecule has 0 saturated carbocycles. The van der Waals surface area contributed by atoms with Crippen LogP contribution in [-0.4, -0.2) is 29.7 Å². The Kier molecular flexibility index (Phi) is 3.44. The summed E-state index contributed by atoms with van der Waals surface area (Å²) in [6.45, 7) is 5.88. The first-order valence-corrected chi connectivity index (χ1v) is 3.51. The van der Waals surface area contributed by atoms with E-state index in [0.29, 0.717) is 6.61 Å². The molecule has 11 heavy (non-hydrogen) atoms. The van der Waals surface area contributed by atoms with Crippen LogP contribution in [0.1, 0.15) is 20.8 Å². The summed E-state index contributed by atoms with van der Waals surface area (Å²) in [5.41, 5.74) is 0. The van der Waals surface area contributed by atoms with Crippen LogP contribution >= 0.6 is 0 Å². The lowest BCUT2D eigenvalue weighted by Gasteiger charge is -2.17. The summed E-state index contributed by atoms with van der Waals surface area (Å²) in [5, 5.41) is 9.08. The van der Waals surface area contributed by atoms with Crippen molar-refractivity contribution < 1.29 is 14.6 Å². The highest BCUT2D eigenvalue weighted by Crippen LogP contribution is 2.23. The van der Waals surface area contributed by atoms with E-state index < -0.39 is 11.9 Å². The Morgan fingerprint density at radius 3 is 2.27 bits per heavy atom. The largest absolute Gasteiger partial charge is 0.391 e. The lowest BCUT2D eigenvalue weighted by atomic mass is 10.2. The molecule has 4 N–H and O–H groups in total. The highest BCUT2D eigenvalue weighted by Gasteiger charge is 2.34. The Hall–Kier alpha value is -0.160. The predicted octanol–water partition coefficient (Wildman–Crippen LogP) is 0.681. The molecule has 4 nitrogen and oxygen atoms in total. The molecule has 1 aliphatic rings. The molecule has 0 radical (unpaired) electrons. The van der Waals surface area contributed by atoms with Gasteiger partial charge >= 0.3 is 0 Å². The molecule has 1 saturated heterocycles. The van der Waals surface area contributed by atoms with Crippen molar-refractivity contribution in [3.8, 4) is 0 Å². The molecule has 0 spiro atoms. The van der Waals surface area contributed by atoms with E-state index in [1.54, 1.807) is 6.92 Å². The standard InChI is InChI=1S/C7H14O3.H3N/c1-5(8)6-4-9-7(2,3)10-6;/h5-6,8H,4H2,1-3H3;1H3/t5-,6-;/m1./s1. The van der Waals surface area contributed by atoms with E-state index in [0.717, 1.165) is 0 Å². The van der Waals surface area contributed by atoms with E-state index in [1.165, 1.54) is 0 Å². The molecule has 0 amide bonds. The van der Waals surface area contributed by atoms with Gasteiger partial charge in [0.05, 0.1) is 12.7 Å². The van der Waals surface area contributed by atoms with Gasteiger partial charge in [0.1, 0.15) is 6.10 Å². The third-order valence-electron chi connectivity index (χ3n) is 1.57. The summed E-state index contributed by atoms with van der Waals surface area (Å²) in [4.78, 5) is 0. The zero-order valence-electron chi connectivity index (χ0n) is 7.33. The maximum Gasteiger partial charge on any atom is 0.163 e. The zero-order valence-corrected chi connectivity index (χ0v) is 7.33. The highest BCUT2D eigenvalue weighted by atomic mass is 16.7. The number of aliphatic hydroxyl groups is 1. The van der Waals surface area contributed by atoms with Gasteiger partial charge in [-0.15, -0.1) is 0 Å². The lowest BCUT2D eigenvalue weighted by Crippen LogP contribution is -2.28. The molecular weight excluding hydrogens is 146 g/mol. The minimum atomic E-state index is -0.512. The van der Waals surface area contributed by atoms with Crippen molar-refractivity contribution in [1.29, 1.82) is 0 Å². The van der Waals surface area contributed by atoms with Crippen LogP contribution in [0.3, 0.4) is 0 Å². The second-order valence-corrected chi connectivity index (χ2v) is 3.11. The van der Waals surface area contributed by atoms with E-state index in [9.17, 15) is 0 Å². The van der Waals surface area contributed by atoms with Gasteiger partial charge in [0.2, 0.25) is 0 Å². The average Bonchev–Trinajstić information content (AvgIpc) is 2.10. The summed E-state index contributed by atoms with van der Waals surface area (Å²) < 4.78 is 10.6. The second-order valence-electron chi connectivity index (χ2n) is 3.11. The maximum atomic E-state index is 9.08. The molecule has 1 fully saturated rings. The Bertz CT molecular complexity index is 125. The smallest absolute Gasteiger partial charge is 0.163 e. The maximum absolute atomic E-state index is 9.08. The normalized spacial score (nSPS) is 31.1. The van der Waals surface area contributed by atoms with Gasteiger partial charge in [0.25, 0.3) is 0 Å². The number of ether oxygens (including phenoxy) is 2. The Morgan fingerprint density at radius 1 is 1.55 bits per heavy atom. The number of hydrogen-bond donors (Lipinski definition) is 2. The van der Waals surface area contributed by atoms with E-state index in [2.05, 4.69) is 0 Å². The summed E-state index contributed by atoms with van der Waals surface area (Å²) in [6.07, 6.45) is -0.600. The Morgan fingerprint density at radius 2 is 2.09 bits per heavy atom. The molecule has 2 atom stereocenters. The molecule has 1 aliphatic heterocycles. The Balaban J connectivity index is 0.000001000. The number of aliphatic hydroxyl groups excluding tert-OH is 1. The molecule has 0 aromatic heterocycles. The summed E-state index contributed by atoms with van der Waals surface area (Å²) in [7, 11) is 0. The topological polar surface area (TPSA) is 73.7 Å². The van der Waals surface area contributed by atoms with Gasteiger partial charge < -0.3 is 20.7 Å². The first kappa shape index (κ1) is 10.8. The van der Waals surface area contributed by atoms with Gasteiger partial charge in [-0.1, -0.05) is 0 Å². The van der Waals surface area contributed by atoms with Crippen LogP contribution in [0.2, 0.25) is 0 Å². The van der Waals surface area contributed by atoms with Crippen molar-refractivity contribution in [3.05, 3.63) is 0 Å². The second kappa shape index (κ2) is 3.49. The van der Waals surface area contributed by atoms with E-state index in [4.69, 9.17) is 14.6 Å². The summed E-state index contributed by atoms with van der Waals surface area (Å²) in [5.74, 6) is -0.512. The van der Waals surface area contributed by atoms with E-state index in [1.807, 2.05) is 13.8 Å². The van der Waals surface area contributed by atoms with Gasteiger partial charge in [-0.3, -0.25) is 0 Å². The summed E-state index contributed by atoms with van der Waals surface area (Å²) in [6, 6.07) is 0. The van der Waals surface area contributed by atoms with Gasteiger partial charge in [-0.2, -0.15) is 0 Å². The number of hydrogen-bond acceptors (Lipinski definition) is 4. The van der Waals surface area contributed by atoms with Crippen molar-refractivity contribution in [2.45, 2.75) is 38.8 Å². The van der Waals surface area contributed by atoms with E-state index in [-0.39, 0.29) is 12.3 Å². The third kappa shape index (κ3) is 2.75. The van der Waals surface area contributed by atoms with Gasteiger partial charge in [0.15, 0.2) is 5.79 Å². The molecule has 0 aromatic rings. The van der Waals surface area contributed by atoms with Crippen LogP contribution in [-0.2, 0) is 9.47 Å². The van der Waals surface area contributed by atoms with Crippen LogP contribution in [0, 0.1) is 0 Å². The van der Waals surface area contributed by atoms with Crippen LogP contribution in [0.4, 0.5) is 0 Å². The van der Waals surface area contributed by atoms with Crippen LogP contribution in [0.15, 0.2) is 0 Å². The minimum absolute atomic E-state index is 0. The predicted molar refractivity (Wildman–Crippen MR) is 41.6 cm³/mol. The van der Waals surface area contributed by atoms with Gasteiger partial charge in [-0.25, -0.2) is 0 Å². The monoisotopic (exact) mass is 163 g/mol. The van der Waals surface area contributed by atoms with E-state index >= 15 is 0 Å². The zero-order chi connectivity index (χ0) is 7.78. The first-order valence-electron chi connectivity index (χ1n) is 3.51. The minimum Gasteiger partial charge on any atom is -0.391 e.